The first kappa shape index (κ1) is 34.2. The predicted octanol–water partition coefficient (Wildman–Crippen LogP) is -1.10. The van der Waals surface area contributed by atoms with E-state index in [9.17, 15) is 0 Å². The Balaban J connectivity index is -0.000000860. The second kappa shape index (κ2) is 24.8. The van der Waals surface area contributed by atoms with Crippen LogP contribution in [-0.4, -0.2) is 9.79 Å². The molecular weight excluding hydrogens is 420 g/mol. The number of pyridine rings is 1. The average Bonchev–Trinajstić information content (AvgIpc) is 2.61. The van der Waals surface area contributed by atoms with Crippen LogP contribution in [0.25, 0.3) is 0 Å². The van der Waals surface area contributed by atoms with Gasteiger partial charge in [0.25, 0.3) is 7.82 Å². The molecule has 0 saturated carbocycles. The normalized spacial score (nSPS) is 10.3. The summed E-state index contributed by atoms with van der Waals surface area (Å²) in [5, 5.41) is 0. The fourth-order valence-electron chi connectivity index (χ4n) is 3.07. The van der Waals surface area contributed by atoms with Crippen molar-refractivity contribution in [2.24, 2.45) is 0 Å². The Bertz CT molecular complexity index is 469. The molecule has 0 bridgehead atoms. The van der Waals surface area contributed by atoms with Gasteiger partial charge in [-0.3, -0.25) is 4.57 Å². The Hall–Kier alpha value is 0.550. The largest absolute Gasteiger partial charge is 1.00 e. The van der Waals surface area contributed by atoms with Crippen molar-refractivity contribution in [2.45, 2.75) is 103 Å². The standard InChI is InChI=1S/C21H38N.ClH.Na.H3O4P/c1-2-3-4-5-6-7-8-9-10-11-12-13-14-16-19-22-20-17-15-18-21-22;;;1-5(2,3)4/h15,17-18,20-21H,2-14,16,19H2,1H3;1H;;(H3,1,2,3,4)/q+1;;+1;/p-2. The number of rotatable bonds is 15. The van der Waals surface area contributed by atoms with Crippen molar-refractivity contribution < 1.29 is 65.8 Å². The number of unbranched alkanes of at least 4 members (excludes halogenated alkanes) is 13. The Morgan fingerprint density at radius 2 is 1.03 bits per heavy atom. The fraction of sp³-hybridized carbons (Fsp3) is 0.762. The van der Waals surface area contributed by atoms with E-state index in [1.165, 1.54) is 96.4 Å². The molecule has 2 N–H and O–H groups in total. The second-order valence-electron chi connectivity index (χ2n) is 7.20. The minimum absolute atomic E-state index is 0. The monoisotopic (exact) mass is 459 g/mol. The van der Waals surface area contributed by atoms with Crippen molar-refractivity contribution in [2.75, 3.05) is 0 Å². The van der Waals surface area contributed by atoms with Gasteiger partial charge < -0.3 is 27.1 Å². The van der Waals surface area contributed by atoms with Crippen molar-refractivity contribution in [1.29, 1.82) is 0 Å². The molecule has 1 rings (SSSR count). The maximum atomic E-state index is 8.77. The Morgan fingerprint density at radius 3 is 1.38 bits per heavy atom. The van der Waals surface area contributed by atoms with E-state index in [0.29, 0.717) is 0 Å². The summed E-state index contributed by atoms with van der Waals surface area (Å²) in [6.07, 6.45) is 24.4. The number of hydrogen-bond donors (Lipinski definition) is 2. The van der Waals surface area contributed by atoms with E-state index >= 15 is 0 Å². The van der Waals surface area contributed by atoms with Crippen LogP contribution in [0.4, 0.5) is 0 Å². The number of aryl methyl sites for hydroxylation is 1. The van der Waals surface area contributed by atoms with Crippen LogP contribution in [0.5, 0.6) is 0 Å². The van der Waals surface area contributed by atoms with Crippen molar-refractivity contribution in [3.63, 3.8) is 0 Å². The molecule has 0 fully saturated rings. The van der Waals surface area contributed by atoms with Gasteiger partial charge in [0, 0.05) is 18.6 Å². The number of phosphoric acid groups is 1. The Kier molecular flexibility index (Phi) is 29.2. The molecule has 1 aromatic heterocycles. The van der Waals surface area contributed by atoms with E-state index < -0.39 is 7.82 Å². The number of nitrogens with zero attached hydrogens (tertiary/aromatic N) is 1. The van der Waals surface area contributed by atoms with Gasteiger partial charge in [-0.05, 0) is 6.42 Å². The van der Waals surface area contributed by atoms with Crippen LogP contribution < -0.4 is 51.4 Å². The summed E-state index contributed by atoms with van der Waals surface area (Å²) in [6, 6.07) is 6.31. The van der Waals surface area contributed by atoms with Gasteiger partial charge in [0.1, 0.15) is 6.54 Å². The van der Waals surface area contributed by atoms with Gasteiger partial charge in [0.15, 0.2) is 12.4 Å². The van der Waals surface area contributed by atoms with Gasteiger partial charge in [0.05, 0.1) is 0 Å². The molecule has 29 heavy (non-hydrogen) atoms. The van der Waals surface area contributed by atoms with E-state index in [-0.39, 0.29) is 42.0 Å². The van der Waals surface area contributed by atoms with E-state index in [4.69, 9.17) is 19.2 Å². The van der Waals surface area contributed by atoms with Crippen LogP contribution >= 0.6 is 7.82 Å². The molecule has 0 aliphatic carbocycles. The van der Waals surface area contributed by atoms with Gasteiger partial charge in [-0.25, -0.2) is 4.57 Å². The van der Waals surface area contributed by atoms with Gasteiger partial charge >= 0.3 is 29.6 Å². The van der Waals surface area contributed by atoms with E-state index in [2.05, 4.69) is 42.1 Å². The predicted molar refractivity (Wildman–Crippen MR) is 109 cm³/mol. The van der Waals surface area contributed by atoms with Crippen molar-refractivity contribution >= 4 is 7.82 Å². The second-order valence-corrected chi connectivity index (χ2v) is 8.18. The summed E-state index contributed by atoms with van der Waals surface area (Å²) in [4.78, 5) is 22.9. The average molecular weight is 460 g/mol. The zero-order valence-corrected chi connectivity index (χ0v) is 22.1. The van der Waals surface area contributed by atoms with Gasteiger partial charge in [-0.2, -0.15) is 0 Å². The summed E-state index contributed by atoms with van der Waals surface area (Å²) >= 11 is 0. The third-order valence-electron chi connectivity index (χ3n) is 4.55. The molecular formula is C21H40ClNNaO4P. The zero-order chi connectivity index (χ0) is 20.2. The van der Waals surface area contributed by atoms with Gasteiger partial charge in [-0.1, -0.05) is 90.0 Å². The minimum atomic E-state index is -4.89. The number of hydrogen-bond acceptors (Lipinski definition) is 2. The van der Waals surface area contributed by atoms with Crippen molar-refractivity contribution in [3.8, 4) is 0 Å². The molecule has 0 saturated heterocycles. The topological polar surface area (TPSA) is 84.5 Å². The molecule has 0 radical (unpaired) electrons. The van der Waals surface area contributed by atoms with Crippen LogP contribution in [0.3, 0.4) is 0 Å². The zero-order valence-electron chi connectivity index (χ0n) is 18.5. The quantitative estimate of drug-likeness (QED) is 0.151. The summed E-state index contributed by atoms with van der Waals surface area (Å²) in [5.41, 5.74) is 0. The first-order valence-electron chi connectivity index (χ1n) is 10.6. The molecule has 0 aromatic carbocycles. The van der Waals surface area contributed by atoms with E-state index in [0.717, 1.165) is 0 Å². The summed E-state index contributed by atoms with van der Waals surface area (Å²) in [6.45, 7) is 3.47. The molecule has 0 spiro atoms. The van der Waals surface area contributed by atoms with Crippen molar-refractivity contribution in [1.82, 2.24) is 0 Å². The van der Waals surface area contributed by atoms with E-state index in [1.54, 1.807) is 0 Å². The van der Waals surface area contributed by atoms with Crippen LogP contribution in [0.15, 0.2) is 30.6 Å². The SMILES string of the molecule is CCCCCCCCCCCCCCCC[n+]1ccccc1.O=P([O-])(O)O.[Cl-].[Na+]. The molecule has 0 aliphatic rings. The molecule has 0 aliphatic heterocycles. The molecule has 166 valence electrons. The van der Waals surface area contributed by atoms with Gasteiger partial charge in [0.2, 0.25) is 0 Å². The fourth-order valence-corrected chi connectivity index (χ4v) is 3.07. The summed E-state index contributed by atoms with van der Waals surface area (Å²) in [7, 11) is -4.89. The maximum Gasteiger partial charge on any atom is 1.00 e. The van der Waals surface area contributed by atoms with Crippen LogP contribution in [0, 0.1) is 0 Å². The van der Waals surface area contributed by atoms with Crippen LogP contribution in [-0.2, 0) is 11.1 Å². The number of halogens is 1. The van der Waals surface area contributed by atoms with Crippen LogP contribution in [0.1, 0.15) is 96.8 Å². The minimum Gasteiger partial charge on any atom is -1.00 e. The molecule has 1 heterocycles. The molecule has 0 amide bonds. The maximum absolute atomic E-state index is 8.77. The summed E-state index contributed by atoms with van der Waals surface area (Å²) < 4.78 is 11.1. The van der Waals surface area contributed by atoms with Gasteiger partial charge in [-0.15, -0.1) is 0 Å². The van der Waals surface area contributed by atoms with Crippen LogP contribution in [0.2, 0.25) is 0 Å². The first-order valence-corrected chi connectivity index (χ1v) is 12.2. The Labute approximate surface area is 206 Å². The third-order valence-corrected chi connectivity index (χ3v) is 4.55. The molecule has 0 atom stereocenters. The van der Waals surface area contributed by atoms with Crippen molar-refractivity contribution in [3.05, 3.63) is 30.6 Å². The summed E-state index contributed by atoms with van der Waals surface area (Å²) in [5.74, 6) is 0. The molecule has 5 nitrogen and oxygen atoms in total. The molecule has 8 heteroatoms. The smallest absolute Gasteiger partial charge is 1.00 e. The first-order chi connectivity index (χ1) is 12.9. The molecule has 0 unspecified atom stereocenters. The Morgan fingerprint density at radius 1 is 0.724 bits per heavy atom. The number of aromatic nitrogens is 1. The van der Waals surface area contributed by atoms with E-state index in [1.807, 2.05) is 0 Å². The third kappa shape index (κ3) is 33.4. The molecule has 1 aromatic rings.